The maximum atomic E-state index is 13.4. The molecule has 0 bridgehead atoms. The quantitative estimate of drug-likeness (QED) is 0.899. The largest absolute Gasteiger partial charge is 0.384 e. The lowest BCUT2D eigenvalue weighted by Gasteiger charge is -2.08. The van der Waals surface area contributed by atoms with Crippen molar-refractivity contribution in [2.75, 3.05) is 10.5 Å². The third-order valence-corrected chi connectivity index (χ3v) is 3.59. The number of hydrogen-bond acceptors (Lipinski definition) is 4. The normalized spacial score (nSPS) is 11.3. The molecule has 5 nitrogen and oxygen atoms in total. The zero-order chi connectivity index (χ0) is 14.0. The van der Waals surface area contributed by atoms with Gasteiger partial charge in [-0.1, -0.05) is 0 Å². The first-order chi connectivity index (χ1) is 8.88. The number of halogens is 2. The number of rotatable bonds is 3. The molecule has 0 aliphatic heterocycles. The Hall–Kier alpha value is -2.22. The van der Waals surface area contributed by atoms with Gasteiger partial charge in [0, 0.05) is 12.3 Å². The first kappa shape index (κ1) is 13.2. The Bertz CT molecular complexity index is 702. The Labute approximate surface area is 108 Å². The van der Waals surface area contributed by atoms with E-state index in [1.165, 1.54) is 12.1 Å². The van der Waals surface area contributed by atoms with Gasteiger partial charge in [0.05, 0.1) is 5.69 Å². The minimum atomic E-state index is -4.04. The summed E-state index contributed by atoms with van der Waals surface area (Å²) in [4.78, 5) is 3.41. The van der Waals surface area contributed by atoms with E-state index in [4.69, 9.17) is 5.73 Å². The number of pyridine rings is 1. The maximum Gasteiger partial charge on any atom is 0.263 e. The number of nitrogens with two attached hydrogens (primary N) is 1. The Kier molecular flexibility index (Phi) is 3.34. The molecular weight excluding hydrogens is 276 g/mol. The van der Waals surface area contributed by atoms with Crippen molar-refractivity contribution in [3.05, 3.63) is 48.2 Å². The van der Waals surface area contributed by atoms with E-state index >= 15 is 0 Å². The number of hydrogen-bond donors (Lipinski definition) is 2. The van der Waals surface area contributed by atoms with Gasteiger partial charge in [-0.15, -0.1) is 0 Å². The van der Waals surface area contributed by atoms with Gasteiger partial charge in [0.25, 0.3) is 10.0 Å². The fourth-order valence-corrected chi connectivity index (χ4v) is 2.33. The van der Waals surface area contributed by atoms with Crippen LogP contribution in [0.15, 0.2) is 41.4 Å². The first-order valence-corrected chi connectivity index (χ1v) is 6.56. The molecule has 0 saturated carbocycles. The highest BCUT2D eigenvalue weighted by molar-refractivity contribution is 7.92. The predicted octanol–water partition coefficient (Wildman–Crippen LogP) is 1.74. The van der Waals surface area contributed by atoms with Crippen molar-refractivity contribution < 1.29 is 17.2 Å². The molecule has 19 heavy (non-hydrogen) atoms. The highest BCUT2D eigenvalue weighted by atomic mass is 32.2. The topological polar surface area (TPSA) is 85.1 Å². The summed E-state index contributed by atoms with van der Waals surface area (Å²) in [5.74, 6) is -1.49. The predicted molar refractivity (Wildman–Crippen MR) is 65.8 cm³/mol. The van der Waals surface area contributed by atoms with Crippen LogP contribution in [0.25, 0.3) is 0 Å². The molecule has 8 heteroatoms. The lowest BCUT2D eigenvalue weighted by Crippen LogP contribution is -2.14. The second-order valence-electron chi connectivity index (χ2n) is 3.65. The smallest absolute Gasteiger partial charge is 0.263 e. The summed E-state index contributed by atoms with van der Waals surface area (Å²) in [7, 11) is -4.04. The van der Waals surface area contributed by atoms with Crippen LogP contribution in [0.3, 0.4) is 0 Å². The van der Waals surface area contributed by atoms with Crippen LogP contribution in [0.5, 0.6) is 0 Å². The van der Waals surface area contributed by atoms with Gasteiger partial charge in [0.15, 0.2) is 0 Å². The van der Waals surface area contributed by atoms with Gasteiger partial charge in [-0.2, -0.15) is 0 Å². The number of nitrogens with one attached hydrogen (secondary N) is 1. The molecule has 2 rings (SSSR count). The number of nitrogens with zero attached hydrogens (tertiary/aromatic N) is 1. The molecule has 100 valence electrons. The van der Waals surface area contributed by atoms with Crippen molar-refractivity contribution in [3.8, 4) is 0 Å². The monoisotopic (exact) mass is 285 g/mol. The van der Waals surface area contributed by atoms with E-state index in [9.17, 15) is 17.2 Å². The van der Waals surface area contributed by atoms with Crippen molar-refractivity contribution >= 4 is 21.5 Å². The zero-order valence-corrected chi connectivity index (χ0v) is 10.3. The number of nitrogen functional groups attached to an aromatic ring is 1. The molecular formula is C11H9F2N3O2S. The molecule has 0 unspecified atom stereocenters. The molecule has 2 aromatic rings. The fourth-order valence-electron chi connectivity index (χ4n) is 1.33. The van der Waals surface area contributed by atoms with E-state index in [1.807, 2.05) is 4.72 Å². The van der Waals surface area contributed by atoms with Crippen molar-refractivity contribution in [2.24, 2.45) is 0 Å². The lowest BCUT2D eigenvalue weighted by molar-refractivity contribution is 0.594. The molecule has 3 N–H and O–H groups in total. The fraction of sp³-hybridized carbons (Fsp3) is 0. The molecule has 0 radical (unpaired) electrons. The van der Waals surface area contributed by atoms with Crippen LogP contribution in [0.1, 0.15) is 0 Å². The Balaban J connectivity index is 2.36. The van der Waals surface area contributed by atoms with E-state index in [-0.39, 0.29) is 10.7 Å². The second kappa shape index (κ2) is 4.81. The van der Waals surface area contributed by atoms with E-state index in [0.29, 0.717) is 0 Å². The van der Waals surface area contributed by atoms with Crippen LogP contribution in [0.2, 0.25) is 0 Å². The minimum Gasteiger partial charge on any atom is -0.384 e. The molecule has 0 atom stereocenters. The number of aromatic nitrogens is 1. The zero-order valence-electron chi connectivity index (χ0n) is 9.47. The molecule has 0 aliphatic carbocycles. The van der Waals surface area contributed by atoms with Gasteiger partial charge in [0.2, 0.25) is 0 Å². The van der Waals surface area contributed by atoms with Crippen molar-refractivity contribution in [1.82, 2.24) is 4.98 Å². The molecule has 0 amide bonds. The van der Waals surface area contributed by atoms with Crippen molar-refractivity contribution in [2.45, 2.75) is 4.90 Å². The molecule has 0 spiro atoms. The van der Waals surface area contributed by atoms with E-state index in [1.54, 1.807) is 0 Å². The summed E-state index contributed by atoms with van der Waals surface area (Å²) in [6.07, 6.45) is 1.02. The minimum absolute atomic E-state index is 0.149. The van der Waals surface area contributed by atoms with Crippen molar-refractivity contribution in [1.29, 1.82) is 0 Å². The summed E-state index contributed by atoms with van der Waals surface area (Å²) in [6.45, 7) is 0. The van der Waals surface area contributed by atoms with Gasteiger partial charge in [0.1, 0.15) is 22.3 Å². The first-order valence-electron chi connectivity index (χ1n) is 5.08. The third-order valence-electron chi connectivity index (χ3n) is 2.24. The second-order valence-corrected chi connectivity index (χ2v) is 5.33. The van der Waals surface area contributed by atoms with Crippen LogP contribution >= 0.6 is 0 Å². The van der Waals surface area contributed by atoms with Crippen molar-refractivity contribution in [3.63, 3.8) is 0 Å². The van der Waals surface area contributed by atoms with Crippen LogP contribution in [-0.2, 0) is 10.0 Å². The Morgan fingerprint density at radius 3 is 2.53 bits per heavy atom. The van der Waals surface area contributed by atoms with Crippen LogP contribution in [-0.4, -0.2) is 13.4 Å². The van der Waals surface area contributed by atoms with E-state index in [2.05, 4.69) is 4.98 Å². The van der Waals surface area contributed by atoms with Crippen LogP contribution < -0.4 is 10.5 Å². The number of sulfonamides is 1. The lowest BCUT2D eigenvalue weighted by atomic mass is 10.3. The van der Waals surface area contributed by atoms with E-state index < -0.39 is 27.3 Å². The molecule has 1 heterocycles. The summed E-state index contributed by atoms with van der Waals surface area (Å²) in [5.41, 5.74) is 4.86. The van der Waals surface area contributed by atoms with Gasteiger partial charge >= 0.3 is 0 Å². The van der Waals surface area contributed by atoms with Gasteiger partial charge in [-0.25, -0.2) is 22.2 Å². The average molecular weight is 285 g/mol. The number of anilines is 2. The Morgan fingerprint density at radius 2 is 1.89 bits per heavy atom. The highest BCUT2D eigenvalue weighted by Crippen LogP contribution is 2.20. The van der Waals surface area contributed by atoms with Gasteiger partial charge < -0.3 is 5.73 Å². The summed E-state index contributed by atoms with van der Waals surface area (Å²) in [6, 6.07) is 4.96. The summed E-state index contributed by atoms with van der Waals surface area (Å²) < 4.78 is 52.0. The summed E-state index contributed by atoms with van der Waals surface area (Å²) in [5, 5.41) is 0. The molecule has 1 aromatic heterocycles. The molecule has 0 fully saturated rings. The molecule has 1 aromatic carbocycles. The van der Waals surface area contributed by atoms with Crippen LogP contribution in [0.4, 0.5) is 20.3 Å². The van der Waals surface area contributed by atoms with E-state index in [0.717, 1.165) is 24.4 Å². The van der Waals surface area contributed by atoms with Gasteiger partial charge in [-0.05, 0) is 24.3 Å². The molecule has 0 aliphatic rings. The Morgan fingerprint density at radius 1 is 1.16 bits per heavy atom. The average Bonchev–Trinajstić information content (AvgIpc) is 2.34. The molecule has 0 saturated heterocycles. The van der Waals surface area contributed by atoms with Gasteiger partial charge in [-0.3, -0.25) is 4.72 Å². The number of benzene rings is 1. The summed E-state index contributed by atoms with van der Waals surface area (Å²) >= 11 is 0. The SMILES string of the molecule is Nc1ccc(S(=O)(=O)Nc2cc(F)ccc2F)cn1. The maximum absolute atomic E-state index is 13.4. The standard InChI is InChI=1S/C11H9F2N3O2S/c12-7-1-3-9(13)10(5-7)16-19(17,18)8-2-4-11(14)15-6-8/h1-6,16H,(H2,14,15). The third kappa shape index (κ3) is 2.97. The highest BCUT2D eigenvalue weighted by Gasteiger charge is 2.17. The van der Waals surface area contributed by atoms with Crippen LogP contribution in [0, 0.1) is 11.6 Å².